The fourth-order valence-corrected chi connectivity index (χ4v) is 2.93. The zero-order chi connectivity index (χ0) is 12.3. The molecule has 1 N–H and O–H groups in total. The monoisotopic (exact) mass is 299 g/mol. The average molecular weight is 300 g/mol. The van der Waals surface area contributed by atoms with Gasteiger partial charge in [-0.3, -0.25) is 0 Å². The normalized spacial score (nSPS) is 24.9. The van der Waals surface area contributed by atoms with Gasteiger partial charge in [0.05, 0.1) is 4.47 Å². The van der Waals surface area contributed by atoms with E-state index in [1.165, 1.54) is 30.9 Å². The number of benzene rings is 1. The SMILES string of the molecule is CC1CCCC(CCc2ccc(F)c(Br)c2)N1. The first-order valence-corrected chi connectivity index (χ1v) is 7.14. The summed E-state index contributed by atoms with van der Waals surface area (Å²) >= 11 is 3.23. The molecule has 2 rings (SSSR count). The zero-order valence-corrected chi connectivity index (χ0v) is 11.8. The molecule has 1 saturated heterocycles. The van der Waals surface area contributed by atoms with Crippen LogP contribution in [0.15, 0.2) is 22.7 Å². The maximum absolute atomic E-state index is 13.1. The van der Waals surface area contributed by atoms with Gasteiger partial charge in [0.1, 0.15) is 5.82 Å². The first kappa shape index (κ1) is 13.0. The summed E-state index contributed by atoms with van der Waals surface area (Å²) in [7, 11) is 0. The van der Waals surface area contributed by atoms with Gasteiger partial charge in [-0.15, -0.1) is 0 Å². The van der Waals surface area contributed by atoms with E-state index in [0.29, 0.717) is 16.6 Å². The number of aryl methyl sites for hydroxylation is 1. The van der Waals surface area contributed by atoms with E-state index in [0.717, 1.165) is 12.8 Å². The number of nitrogens with one attached hydrogen (secondary N) is 1. The predicted octanol–water partition coefficient (Wildman–Crippen LogP) is 4.05. The van der Waals surface area contributed by atoms with Crippen LogP contribution in [0.25, 0.3) is 0 Å². The first-order valence-electron chi connectivity index (χ1n) is 6.35. The lowest BCUT2D eigenvalue weighted by atomic mass is 9.95. The van der Waals surface area contributed by atoms with E-state index in [4.69, 9.17) is 0 Å². The molecular formula is C14H19BrFN. The van der Waals surface area contributed by atoms with Crippen molar-refractivity contribution in [1.82, 2.24) is 5.32 Å². The van der Waals surface area contributed by atoms with Crippen LogP contribution < -0.4 is 5.32 Å². The van der Waals surface area contributed by atoms with Gasteiger partial charge < -0.3 is 5.32 Å². The minimum atomic E-state index is -0.182. The molecule has 0 radical (unpaired) electrons. The van der Waals surface area contributed by atoms with E-state index in [9.17, 15) is 4.39 Å². The predicted molar refractivity (Wildman–Crippen MR) is 72.7 cm³/mol. The maximum atomic E-state index is 13.1. The van der Waals surface area contributed by atoms with Crippen molar-refractivity contribution in [2.75, 3.05) is 0 Å². The van der Waals surface area contributed by atoms with Crippen LogP contribution in [0.4, 0.5) is 4.39 Å². The number of rotatable bonds is 3. The van der Waals surface area contributed by atoms with Gasteiger partial charge in [0.15, 0.2) is 0 Å². The summed E-state index contributed by atoms with van der Waals surface area (Å²) in [6.45, 7) is 2.25. The van der Waals surface area contributed by atoms with Gasteiger partial charge in [-0.1, -0.05) is 12.5 Å². The summed E-state index contributed by atoms with van der Waals surface area (Å²) in [6.07, 6.45) is 6.04. The Morgan fingerprint density at radius 2 is 2.24 bits per heavy atom. The quantitative estimate of drug-likeness (QED) is 0.888. The van der Waals surface area contributed by atoms with Gasteiger partial charge in [-0.25, -0.2) is 4.39 Å². The molecule has 0 bridgehead atoms. The number of halogens is 2. The van der Waals surface area contributed by atoms with E-state index in [2.05, 4.69) is 28.2 Å². The molecule has 1 heterocycles. The summed E-state index contributed by atoms with van der Waals surface area (Å²) in [6, 6.07) is 6.58. The summed E-state index contributed by atoms with van der Waals surface area (Å²) in [4.78, 5) is 0. The highest BCUT2D eigenvalue weighted by Gasteiger charge is 2.17. The minimum absolute atomic E-state index is 0.182. The van der Waals surface area contributed by atoms with E-state index in [1.807, 2.05) is 12.1 Å². The van der Waals surface area contributed by atoms with Crippen molar-refractivity contribution in [2.24, 2.45) is 0 Å². The van der Waals surface area contributed by atoms with Crippen LogP contribution in [-0.4, -0.2) is 12.1 Å². The molecule has 1 aromatic carbocycles. The van der Waals surface area contributed by atoms with Crippen LogP contribution in [0.5, 0.6) is 0 Å². The van der Waals surface area contributed by atoms with Crippen molar-refractivity contribution in [2.45, 2.75) is 51.1 Å². The number of piperidine rings is 1. The zero-order valence-electron chi connectivity index (χ0n) is 10.2. The highest BCUT2D eigenvalue weighted by atomic mass is 79.9. The Morgan fingerprint density at radius 3 is 2.94 bits per heavy atom. The molecule has 0 spiro atoms. The second-order valence-corrected chi connectivity index (χ2v) is 5.84. The Bertz CT molecular complexity index is 380. The molecule has 1 aliphatic heterocycles. The van der Waals surface area contributed by atoms with Crippen molar-refractivity contribution in [1.29, 1.82) is 0 Å². The van der Waals surface area contributed by atoms with Crippen LogP contribution in [-0.2, 0) is 6.42 Å². The van der Waals surface area contributed by atoms with Crippen LogP contribution >= 0.6 is 15.9 Å². The second-order valence-electron chi connectivity index (χ2n) is 4.98. The van der Waals surface area contributed by atoms with Gasteiger partial charge in [-0.2, -0.15) is 0 Å². The fraction of sp³-hybridized carbons (Fsp3) is 0.571. The topological polar surface area (TPSA) is 12.0 Å². The average Bonchev–Trinajstić information content (AvgIpc) is 2.31. The van der Waals surface area contributed by atoms with Crippen molar-refractivity contribution < 1.29 is 4.39 Å². The maximum Gasteiger partial charge on any atom is 0.137 e. The Labute approximate surface area is 111 Å². The summed E-state index contributed by atoms with van der Waals surface area (Å²) in [5, 5.41) is 3.63. The Balaban J connectivity index is 1.86. The molecule has 1 fully saturated rings. The van der Waals surface area contributed by atoms with Crippen LogP contribution in [0, 0.1) is 5.82 Å². The smallest absolute Gasteiger partial charge is 0.137 e. The molecule has 94 valence electrons. The molecule has 0 amide bonds. The number of hydrogen-bond acceptors (Lipinski definition) is 1. The summed E-state index contributed by atoms with van der Waals surface area (Å²) < 4.78 is 13.7. The molecule has 2 unspecified atom stereocenters. The summed E-state index contributed by atoms with van der Waals surface area (Å²) in [5.74, 6) is -0.182. The van der Waals surface area contributed by atoms with Crippen molar-refractivity contribution in [3.8, 4) is 0 Å². The molecule has 0 aromatic heterocycles. The Morgan fingerprint density at radius 1 is 1.41 bits per heavy atom. The van der Waals surface area contributed by atoms with Gasteiger partial charge in [0, 0.05) is 12.1 Å². The molecule has 2 atom stereocenters. The lowest BCUT2D eigenvalue weighted by molar-refractivity contribution is 0.322. The van der Waals surface area contributed by atoms with E-state index in [1.54, 1.807) is 0 Å². The van der Waals surface area contributed by atoms with Gasteiger partial charge in [0.2, 0.25) is 0 Å². The molecule has 0 saturated carbocycles. The van der Waals surface area contributed by atoms with E-state index >= 15 is 0 Å². The molecule has 3 heteroatoms. The molecule has 1 aliphatic rings. The van der Waals surface area contributed by atoms with E-state index < -0.39 is 0 Å². The van der Waals surface area contributed by atoms with E-state index in [-0.39, 0.29) is 5.82 Å². The highest BCUT2D eigenvalue weighted by Crippen LogP contribution is 2.20. The second kappa shape index (κ2) is 5.96. The lowest BCUT2D eigenvalue weighted by Crippen LogP contribution is -2.40. The van der Waals surface area contributed by atoms with Gasteiger partial charge in [-0.05, 0) is 66.2 Å². The van der Waals surface area contributed by atoms with Gasteiger partial charge in [0.25, 0.3) is 0 Å². The third kappa shape index (κ3) is 3.78. The molecule has 17 heavy (non-hydrogen) atoms. The molecule has 1 nitrogen and oxygen atoms in total. The highest BCUT2D eigenvalue weighted by molar-refractivity contribution is 9.10. The summed E-state index contributed by atoms with van der Waals surface area (Å²) in [5.41, 5.74) is 1.21. The first-order chi connectivity index (χ1) is 8.15. The minimum Gasteiger partial charge on any atom is -0.311 e. The molecular weight excluding hydrogens is 281 g/mol. The third-order valence-electron chi connectivity index (χ3n) is 3.48. The van der Waals surface area contributed by atoms with Crippen LogP contribution in [0.3, 0.4) is 0 Å². The van der Waals surface area contributed by atoms with Gasteiger partial charge >= 0.3 is 0 Å². The van der Waals surface area contributed by atoms with Crippen molar-refractivity contribution >= 4 is 15.9 Å². The van der Waals surface area contributed by atoms with Crippen molar-refractivity contribution in [3.63, 3.8) is 0 Å². The van der Waals surface area contributed by atoms with Crippen LogP contribution in [0.2, 0.25) is 0 Å². The number of hydrogen-bond donors (Lipinski definition) is 1. The Hall–Kier alpha value is -0.410. The van der Waals surface area contributed by atoms with Crippen molar-refractivity contribution in [3.05, 3.63) is 34.1 Å². The van der Waals surface area contributed by atoms with Crippen LogP contribution in [0.1, 0.15) is 38.2 Å². The third-order valence-corrected chi connectivity index (χ3v) is 4.08. The lowest BCUT2D eigenvalue weighted by Gasteiger charge is -2.28. The standard InChI is InChI=1S/C14H19BrFN/c1-10-3-2-4-12(17-10)7-5-11-6-8-14(16)13(15)9-11/h6,8-10,12,17H,2-5,7H2,1H3. The Kier molecular flexibility index (Phi) is 4.57. The molecule has 0 aliphatic carbocycles. The molecule has 1 aromatic rings. The largest absolute Gasteiger partial charge is 0.311 e. The fourth-order valence-electron chi connectivity index (χ4n) is 2.50.